The normalized spacial score (nSPS) is 16.1. The lowest BCUT2D eigenvalue weighted by Gasteiger charge is -2.38. The van der Waals surface area contributed by atoms with Gasteiger partial charge in [-0.3, -0.25) is 4.79 Å². The average molecular weight is 303 g/mol. The summed E-state index contributed by atoms with van der Waals surface area (Å²) in [4.78, 5) is 14.0. The molecule has 17 heavy (non-hydrogen) atoms. The Kier molecular flexibility index (Phi) is 3.80. The van der Waals surface area contributed by atoms with Crippen LogP contribution in [0.5, 0.6) is 0 Å². The molecule has 1 aliphatic heterocycles. The Balaban J connectivity index is 2.20. The van der Waals surface area contributed by atoms with Gasteiger partial charge in [0, 0.05) is 26.2 Å². The number of aromatic nitrogens is 2. The molecule has 1 aromatic heterocycles. The number of methoxy groups -OCH3 is 1. The number of halogens is 1. The van der Waals surface area contributed by atoms with Crippen molar-refractivity contribution in [2.75, 3.05) is 31.7 Å². The van der Waals surface area contributed by atoms with Gasteiger partial charge in [0.1, 0.15) is 4.47 Å². The lowest BCUT2D eigenvalue weighted by Crippen LogP contribution is -2.56. The van der Waals surface area contributed by atoms with E-state index in [0.717, 1.165) is 18.8 Å². The van der Waals surface area contributed by atoms with Gasteiger partial charge in [-0.05, 0) is 15.9 Å². The van der Waals surface area contributed by atoms with E-state index in [2.05, 4.69) is 21.0 Å². The van der Waals surface area contributed by atoms with Gasteiger partial charge in [-0.1, -0.05) is 0 Å². The van der Waals surface area contributed by atoms with Gasteiger partial charge in [-0.25, -0.2) is 4.68 Å². The van der Waals surface area contributed by atoms with E-state index in [9.17, 15) is 4.79 Å². The molecule has 0 amide bonds. The van der Waals surface area contributed by atoms with E-state index in [0.29, 0.717) is 17.6 Å². The highest BCUT2D eigenvalue weighted by molar-refractivity contribution is 9.10. The summed E-state index contributed by atoms with van der Waals surface area (Å²) >= 11 is 3.32. The quantitative estimate of drug-likeness (QED) is 0.834. The molecule has 94 valence electrons. The van der Waals surface area contributed by atoms with Crippen molar-refractivity contribution >= 4 is 21.6 Å². The Morgan fingerprint density at radius 2 is 2.35 bits per heavy atom. The zero-order valence-electron chi connectivity index (χ0n) is 9.60. The molecule has 0 atom stereocenters. The molecule has 0 bridgehead atoms. The van der Waals surface area contributed by atoms with Crippen LogP contribution in [0.15, 0.2) is 15.5 Å². The van der Waals surface area contributed by atoms with Crippen LogP contribution in [0.25, 0.3) is 0 Å². The molecule has 0 saturated carbocycles. The summed E-state index contributed by atoms with van der Waals surface area (Å²) in [5, 5.41) is 4.12. The minimum Gasteiger partial charge on any atom is -0.383 e. The molecule has 0 aromatic carbocycles. The number of nitrogens with two attached hydrogens (primary N) is 1. The zero-order chi connectivity index (χ0) is 12.4. The van der Waals surface area contributed by atoms with Crippen LogP contribution in [-0.2, 0) is 11.3 Å². The molecule has 2 N–H and O–H groups in total. The van der Waals surface area contributed by atoms with Gasteiger partial charge in [0.05, 0.1) is 25.0 Å². The maximum Gasteiger partial charge on any atom is 0.283 e. The van der Waals surface area contributed by atoms with Crippen molar-refractivity contribution in [1.29, 1.82) is 0 Å². The molecule has 1 saturated heterocycles. The molecule has 0 radical (unpaired) electrons. The smallest absolute Gasteiger partial charge is 0.283 e. The monoisotopic (exact) mass is 302 g/mol. The van der Waals surface area contributed by atoms with Gasteiger partial charge in [-0.15, -0.1) is 0 Å². The van der Waals surface area contributed by atoms with Crippen LogP contribution in [0.1, 0.15) is 0 Å². The van der Waals surface area contributed by atoms with Gasteiger partial charge in [0.15, 0.2) is 0 Å². The Bertz CT molecular complexity index is 456. The lowest BCUT2D eigenvalue weighted by molar-refractivity contribution is 0.181. The highest BCUT2D eigenvalue weighted by atomic mass is 79.9. The summed E-state index contributed by atoms with van der Waals surface area (Å²) in [7, 11) is 1.59. The molecular weight excluding hydrogens is 288 g/mol. The summed E-state index contributed by atoms with van der Waals surface area (Å²) in [5.41, 5.74) is 6.38. The van der Waals surface area contributed by atoms with Crippen LogP contribution in [0.3, 0.4) is 0 Å². The predicted octanol–water partition coefficient (Wildman–Crippen LogP) is -0.201. The van der Waals surface area contributed by atoms with Crippen molar-refractivity contribution in [2.45, 2.75) is 12.6 Å². The lowest BCUT2D eigenvalue weighted by atomic mass is 10.1. The molecule has 2 rings (SSSR count). The topological polar surface area (TPSA) is 73.4 Å². The van der Waals surface area contributed by atoms with E-state index >= 15 is 0 Å². The van der Waals surface area contributed by atoms with Crippen molar-refractivity contribution in [3.05, 3.63) is 21.0 Å². The Labute approximate surface area is 107 Å². The minimum atomic E-state index is -0.139. The summed E-state index contributed by atoms with van der Waals surface area (Å²) in [5.74, 6) is 0. The first kappa shape index (κ1) is 12.5. The van der Waals surface area contributed by atoms with Crippen LogP contribution in [0, 0.1) is 0 Å². The van der Waals surface area contributed by atoms with Crippen molar-refractivity contribution in [2.24, 2.45) is 5.73 Å². The van der Waals surface area contributed by atoms with Crippen LogP contribution >= 0.6 is 15.9 Å². The number of rotatable bonds is 4. The summed E-state index contributed by atoms with van der Waals surface area (Å²) in [6.45, 7) is 2.45. The third-order valence-corrected chi connectivity index (χ3v) is 3.47. The molecule has 1 fully saturated rings. The van der Waals surface area contributed by atoms with Crippen LogP contribution in [0.4, 0.5) is 5.69 Å². The molecule has 0 aliphatic carbocycles. The molecular formula is C10H15BrN4O2. The second-order valence-electron chi connectivity index (χ2n) is 4.03. The Hall–Kier alpha value is -0.920. The SMILES string of the molecule is COCCn1ncc(N2CC(N)C2)c(Br)c1=O. The second kappa shape index (κ2) is 5.16. The Morgan fingerprint density at radius 1 is 1.65 bits per heavy atom. The maximum absolute atomic E-state index is 12.0. The first-order chi connectivity index (χ1) is 8.13. The summed E-state index contributed by atoms with van der Waals surface area (Å²) in [6, 6.07) is 0.192. The first-order valence-corrected chi connectivity index (χ1v) is 6.18. The fourth-order valence-corrected chi connectivity index (χ4v) is 2.28. The van der Waals surface area contributed by atoms with E-state index in [1.54, 1.807) is 13.3 Å². The molecule has 6 nitrogen and oxygen atoms in total. The molecule has 1 aliphatic rings. The number of ether oxygens (including phenoxy) is 1. The third kappa shape index (κ3) is 2.51. The zero-order valence-corrected chi connectivity index (χ0v) is 11.2. The number of nitrogens with zero attached hydrogens (tertiary/aromatic N) is 3. The van der Waals surface area contributed by atoms with Gasteiger partial charge < -0.3 is 15.4 Å². The predicted molar refractivity (Wildman–Crippen MR) is 68.3 cm³/mol. The molecule has 2 heterocycles. The van der Waals surface area contributed by atoms with Crippen molar-refractivity contribution in [1.82, 2.24) is 9.78 Å². The largest absolute Gasteiger partial charge is 0.383 e. The van der Waals surface area contributed by atoms with Gasteiger partial charge in [-0.2, -0.15) is 5.10 Å². The number of anilines is 1. The highest BCUT2D eigenvalue weighted by Gasteiger charge is 2.26. The van der Waals surface area contributed by atoms with Gasteiger partial charge in [0.2, 0.25) is 0 Å². The average Bonchev–Trinajstić information content (AvgIpc) is 2.28. The highest BCUT2D eigenvalue weighted by Crippen LogP contribution is 2.25. The second-order valence-corrected chi connectivity index (χ2v) is 4.82. The molecule has 0 unspecified atom stereocenters. The van der Waals surface area contributed by atoms with Crippen molar-refractivity contribution in [3.63, 3.8) is 0 Å². The van der Waals surface area contributed by atoms with E-state index in [-0.39, 0.29) is 11.6 Å². The molecule has 7 heteroatoms. The fraction of sp³-hybridized carbons (Fsp3) is 0.600. The maximum atomic E-state index is 12.0. The number of hydrogen-bond donors (Lipinski definition) is 1. The molecule has 0 spiro atoms. The van der Waals surface area contributed by atoms with Crippen LogP contribution in [0.2, 0.25) is 0 Å². The standard InChI is InChI=1S/C10H15BrN4O2/c1-17-3-2-15-10(16)9(11)8(4-13-15)14-5-7(12)6-14/h4,7H,2-3,5-6,12H2,1H3. The van der Waals surface area contributed by atoms with Crippen molar-refractivity contribution in [3.8, 4) is 0 Å². The molecule has 1 aromatic rings. The fourth-order valence-electron chi connectivity index (χ4n) is 1.72. The van der Waals surface area contributed by atoms with E-state index in [1.165, 1.54) is 4.68 Å². The van der Waals surface area contributed by atoms with Crippen LogP contribution < -0.4 is 16.2 Å². The van der Waals surface area contributed by atoms with Crippen LogP contribution in [-0.4, -0.2) is 42.6 Å². The van der Waals surface area contributed by atoms with E-state index < -0.39 is 0 Å². The van der Waals surface area contributed by atoms with Crippen molar-refractivity contribution < 1.29 is 4.74 Å². The third-order valence-electron chi connectivity index (χ3n) is 2.72. The summed E-state index contributed by atoms with van der Waals surface area (Å²) in [6.07, 6.45) is 1.69. The van der Waals surface area contributed by atoms with Gasteiger partial charge in [0.25, 0.3) is 5.56 Å². The number of hydrogen-bond acceptors (Lipinski definition) is 5. The van der Waals surface area contributed by atoms with Gasteiger partial charge >= 0.3 is 0 Å². The van der Waals surface area contributed by atoms with E-state index in [1.807, 2.05) is 4.90 Å². The minimum absolute atomic E-state index is 0.139. The first-order valence-electron chi connectivity index (χ1n) is 5.38. The Morgan fingerprint density at radius 3 is 2.94 bits per heavy atom. The summed E-state index contributed by atoms with van der Waals surface area (Å²) < 4.78 is 6.85. The van der Waals surface area contributed by atoms with E-state index in [4.69, 9.17) is 10.5 Å².